The number of allylic oxidation sites excluding steroid dienone is 2. The molecule has 0 spiro atoms. The Bertz CT molecular complexity index is 191. The molecule has 10 heavy (non-hydrogen) atoms. The summed E-state index contributed by atoms with van der Waals surface area (Å²) in [4.78, 5) is 10.2. The van der Waals surface area contributed by atoms with E-state index in [1.165, 1.54) is 18.2 Å². The number of carbonyl (C=O) groups is 1. The third kappa shape index (κ3) is 1.15. The van der Waals surface area contributed by atoms with Crippen LogP contribution in [0.3, 0.4) is 0 Å². The smallest absolute Gasteiger partial charge is 0.196 e. The zero-order chi connectivity index (χ0) is 7.61. The molecule has 2 N–H and O–H groups in total. The van der Waals surface area contributed by atoms with Gasteiger partial charge in [-0.05, 0) is 6.08 Å². The summed E-state index contributed by atoms with van der Waals surface area (Å²) in [5, 5.41) is 18.0. The molecule has 0 radical (unpaired) electrons. The second-order valence-electron chi connectivity index (χ2n) is 2.19. The van der Waals surface area contributed by atoms with Gasteiger partial charge in [-0.3, -0.25) is 0 Å². The van der Waals surface area contributed by atoms with Crippen molar-refractivity contribution in [1.82, 2.24) is 0 Å². The zero-order valence-electron chi connectivity index (χ0n) is 5.27. The van der Waals surface area contributed by atoms with Gasteiger partial charge in [0.25, 0.3) is 0 Å². The minimum atomic E-state index is -1.99. The summed E-state index contributed by atoms with van der Waals surface area (Å²) in [7, 11) is 0. The Morgan fingerprint density at radius 2 is 2.10 bits per heavy atom. The number of rotatable bonds is 1. The SMILES string of the molecule is O=CC1C=CC=CC1(O)O. The number of aliphatic hydroxyl groups is 2. The van der Waals surface area contributed by atoms with Crippen molar-refractivity contribution >= 4 is 6.29 Å². The van der Waals surface area contributed by atoms with Crippen LogP contribution in [-0.4, -0.2) is 22.3 Å². The number of carbonyl (C=O) groups excluding carboxylic acids is 1. The van der Waals surface area contributed by atoms with Gasteiger partial charge < -0.3 is 15.0 Å². The maximum atomic E-state index is 10.2. The van der Waals surface area contributed by atoms with Crippen LogP contribution in [-0.2, 0) is 4.79 Å². The van der Waals surface area contributed by atoms with Crippen molar-refractivity contribution in [3.63, 3.8) is 0 Å². The molecule has 1 aliphatic carbocycles. The third-order valence-corrected chi connectivity index (χ3v) is 1.41. The fraction of sp³-hybridized carbons (Fsp3) is 0.286. The summed E-state index contributed by atoms with van der Waals surface area (Å²) in [6, 6.07) is 0. The average Bonchev–Trinajstić information content (AvgIpc) is 1.87. The molecule has 1 unspecified atom stereocenters. The molecule has 0 aromatic heterocycles. The Kier molecular flexibility index (Phi) is 1.70. The molecular formula is C7H8O3. The lowest BCUT2D eigenvalue weighted by molar-refractivity contribution is -0.154. The molecule has 3 heteroatoms. The molecule has 0 heterocycles. The summed E-state index contributed by atoms with van der Waals surface area (Å²) in [5.74, 6) is -2.83. The van der Waals surface area contributed by atoms with Crippen LogP contribution in [0, 0.1) is 5.92 Å². The molecule has 0 bridgehead atoms. The highest BCUT2D eigenvalue weighted by Gasteiger charge is 2.30. The molecule has 3 nitrogen and oxygen atoms in total. The molecule has 0 amide bonds. The van der Waals surface area contributed by atoms with Gasteiger partial charge in [-0.25, -0.2) is 0 Å². The molecule has 54 valence electrons. The third-order valence-electron chi connectivity index (χ3n) is 1.41. The second kappa shape index (κ2) is 2.36. The summed E-state index contributed by atoms with van der Waals surface area (Å²) >= 11 is 0. The fourth-order valence-corrected chi connectivity index (χ4v) is 0.779. The van der Waals surface area contributed by atoms with E-state index in [9.17, 15) is 4.79 Å². The number of aldehydes is 1. The van der Waals surface area contributed by atoms with Gasteiger partial charge >= 0.3 is 0 Å². The normalized spacial score (nSPS) is 28.4. The van der Waals surface area contributed by atoms with Crippen molar-refractivity contribution in [2.24, 2.45) is 5.92 Å². The van der Waals surface area contributed by atoms with Gasteiger partial charge in [0.2, 0.25) is 0 Å². The van der Waals surface area contributed by atoms with E-state index >= 15 is 0 Å². The summed E-state index contributed by atoms with van der Waals surface area (Å²) < 4.78 is 0. The lowest BCUT2D eigenvalue weighted by Gasteiger charge is -2.23. The van der Waals surface area contributed by atoms with Crippen molar-refractivity contribution in [2.45, 2.75) is 5.79 Å². The molecule has 1 aliphatic rings. The van der Waals surface area contributed by atoms with Crippen LogP contribution >= 0.6 is 0 Å². The van der Waals surface area contributed by atoms with Gasteiger partial charge in [0.1, 0.15) is 6.29 Å². The van der Waals surface area contributed by atoms with E-state index in [4.69, 9.17) is 10.2 Å². The summed E-state index contributed by atoms with van der Waals surface area (Å²) in [5.41, 5.74) is 0. The quantitative estimate of drug-likeness (QED) is 0.385. The van der Waals surface area contributed by atoms with Gasteiger partial charge in [-0.15, -0.1) is 0 Å². The van der Waals surface area contributed by atoms with Crippen LogP contribution in [0.2, 0.25) is 0 Å². The van der Waals surface area contributed by atoms with Crippen molar-refractivity contribution in [1.29, 1.82) is 0 Å². The maximum absolute atomic E-state index is 10.2. The van der Waals surface area contributed by atoms with E-state index in [1.54, 1.807) is 6.08 Å². The molecule has 1 rings (SSSR count). The molecule has 0 fully saturated rings. The molecule has 0 saturated heterocycles. The Hall–Kier alpha value is -0.930. The molecular weight excluding hydrogens is 132 g/mol. The summed E-state index contributed by atoms with van der Waals surface area (Å²) in [6.45, 7) is 0. The zero-order valence-corrected chi connectivity index (χ0v) is 5.27. The van der Waals surface area contributed by atoms with E-state index < -0.39 is 11.7 Å². The Balaban J connectivity index is 2.84. The van der Waals surface area contributed by atoms with Crippen LogP contribution in [0.15, 0.2) is 24.3 Å². The van der Waals surface area contributed by atoms with E-state index in [0.717, 1.165) is 0 Å². The standard InChI is InChI=1S/C7H8O3/c8-5-6-3-1-2-4-7(6,9)10/h1-6,9-10H. The lowest BCUT2D eigenvalue weighted by atomic mass is 9.96. The average molecular weight is 140 g/mol. The molecule has 0 aromatic carbocycles. The van der Waals surface area contributed by atoms with Crippen LogP contribution in [0.1, 0.15) is 0 Å². The van der Waals surface area contributed by atoms with Crippen molar-refractivity contribution in [3.8, 4) is 0 Å². The Morgan fingerprint density at radius 1 is 1.40 bits per heavy atom. The van der Waals surface area contributed by atoms with Crippen LogP contribution in [0.4, 0.5) is 0 Å². The van der Waals surface area contributed by atoms with Crippen molar-refractivity contribution in [3.05, 3.63) is 24.3 Å². The molecule has 0 aromatic rings. The first-order chi connectivity index (χ1) is 4.67. The maximum Gasteiger partial charge on any atom is 0.196 e. The van der Waals surface area contributed by atoms with Crippen LogP contribution in [0.5, 0.6) is 0 Å². The first-order valence-corrected chi connectivity index (χ1v) is 2.93. The molecule has 0 saturated carbocycles. The van der Waals surface area contributed by atoms with Crippen LogP contribution in [0.25, 0.3) is 0 Å². The predicted molar refractivity (Wildman–Crippen MR) is 35.0 cm³/mol. The second-order valence-corrected chi connectivity index (χ2v) is 2.19. The van der Waals surface area contributed by atoms with Crippen molar-refractivity contribution < 1.29 is 15.0 Å². The summed E-state index contributed by atoms with van der Waals surface area (Å²) in [6.07, 6.45) is 6.20. The largest absolute Gasteiger partial charge is 0.362 e. The Labute approximate surface area is 58.3 Å². The fourth-order valence-electron chi connectivity index (χ4n) is 0.779. The van der Waals surface area contributed by atoms with E-state index in [0.29, 0.717) is 6.29 Å². The topological polar surface area (TPSA) is 57.5 Å². The highest BCUT2D eigenvalue weighted by atomic mass is 16.5. The van der Waals surface area contributed by atoms with Gasteiger partial charge in [0.05, 0.1) is 5.92 Å². The van der Waals surface area contributed by atoms with Crippen LogP contribution < -0.4 is 0 Å². The highest BCUT2D eigenvalue weighted by Crippen LogP contribution is 2.18. The van der Waals surface area contributed by atoms with Gasteiger partial charge in [-0.1, -0.05) is 18.2 Å². The highest BCUT2D eigenvalue weighted by molar-refractivity contribution is 5.60. The van der Waals surface area contributed by atoms with E-state index in [1.807, 2.05) is 0 Å². The van der Waals surface area contributed by atoms with E-state index in [2.05, 4.69) is 0 Å². The van der Waals surface area contributed by atoms with Crippen molar-refractivity contribution in [2.75, 3.05) is 0 Å². The predicted octanol–water partition coefficient (Wildman–Crippen LogP) is -0.392. The number of hydrogen-bond donors (Lipinski definition) is 2. The van der Waals surface area contributed by atoms with Gasteiger partial charge in [0.15, 0.2) is 5.79 Å². The van der Waals surface area contributed by atoms with Gasteiger partial charge in [0, 0.05) is 0 Å². The lowest BCUT2D eigenvalue weighted by Crippen LogP contribution is -2.36. The van der Waals surface area contributed by atoms with Gasteiger partial charge in [-0.2, -0.15) is 0 Å². The minimum absolute atomic E-state index is 0.500. The first kappa shape index (κ1) is 7.18. The first-order valence-electron chi connectivity index (χ1n) is 2.93. The Morgan fingerprint density at radius 3 is 2.50 bits per heavy atom. The van der Waals surface area contributed by atoms with E-state index in [-0.39, 0.29) is 0 Å². The molecule has 1 atom stereocenters. The molecule has 0 aliphatic heterocycles. The number of hydrogen-bond acceptors (Lipinski definition) is 3. The minimum Gasteiger partial charge on any atom is -0.362 e. The monoisotopic (exact) mass is 140 g/mol.